The molecule has 0 saturated carbocycles. The normalized spacial score (nSPS) is 23.9. The SMILES string of the molecule is O=C(O)C1OC1c1cc(F)c(F)cc1Cl. The minimum atomic E-state index is -1.15. The molecule has 6 heteroatoms. The minimum Gasteiger partial charge on any atom is -0.479 e. The Morgan fingerprint density at radius 3 is 2.53 bits per heavy atom. The van der Waals surface area contributed by atoms with Gasteiger partial charge in [-0.3, -0.25) is 0 Å². The lowest BCUT2D eigenvalue weighted by atomic mass is 10.1. The van der Waals surface area contributed by atoms with Crippen molar-refractivity contribution in [2.75, 3.05) is 0 Å². The molecular formula is C9H5ClF2O3. The first kappa shape index (κ1) is 10.3. The molecule has 15 heavy (non-hydrogen) atoms. The Kier molecular flexibility index (Phi) is 2.36. The molecule has 80 valence electrons. The summed E-state index contributed by atoms with van der Waals surface area (Å²) in [5.74, 6) is -3.30. The van der Waals surface area contributed by atoms with Crippen molar-refractivity contribution in [1.82, 2.24) is 0 Å². The number of carbonyl (C=O) groups is 1. The van der Waals surface area contributed by atoms with Gasteiger partial charge >= 0.3 is 5.97 Å². The quantitative estimate of drug-likeness (QED) is 0.630. The predicted octanol–water partition coefficient (Wildman–Crippen LogP) is 2.14. The van der Waals surface area contributed by atoms with Crippen LogP contribution in [-0.4, -0.2) is 17.2 Å². The van der Waals surface area contributed by atoms with Crippen LogP contribution in [0.25, 0.3) is 0 Å². The van der Waals surface area contributed by atoms with Gasteiger partial charge in [-0.05, 0) is 12.1 Å². The van der Waals surface area contributed by atoms with E-state index in [0.717, 1.165) is 12.1 Å². The Balaban J connectivity index is 2.31. The monoisotopic (exact) mass is 234 g/mol. The van der Waals surface area contributed by atoms with Gasteiger partial charge in [0.2, 0.25) is 0 Å². The average molecular weight is 235 g/mol. The first-order valence-corrected chi connectivity index (χ1v) is 4.41. The van der Waals surface area contributed by atoms with Crippen molar-refractivity contribution in [3.63, 3.8) is 0 Å². The van der Waals surface area contributed by atoms with Gasteiger partial charge in [-0.1, -0.05) is 11.6 Å². The Morgan fingerprint density at radius 2 is 2.00 bits per heavy atom. The van der Waals surface area contributed by atoms with Crippen molar-refractivity contribution < 1.29 is 23.4 Å². The van der Waals surface area contributed by atoms with Crippen molar-refractivity contribution >= 4 is 17.6 Å². The predicted molar refractivity (Wildman–Crippen MR) is 46.6 cm³/mol. The van der Waals surface area contributed by atoms with E-state index < -0.39 is 29.8 Å². The van der Waals surface area contributed by atoms with Crippen LogP contribution in [-0.2, 0) is 9.53 Å². The molecule has 0 bridgehead atoms. The number of ether oxygens (including phenoxy) is 1. The Bertz CT molecular complexity index is 436. The fraction of sp³-hybridized carbons (Fsp3) is 0.222. The lowest BCUT2D eigenvalue weighted by Gasteiger charge is -2.01. The van der Waals surface area contributed by atoms with E-state index in [1.807, 2.05) is 0 Å². The van der Waals surface area contributed by atoms with E-state index in [9.17, 15) is 13.6 Å². The number of benzene rings is 1. The van der Waals surface area contributed by atoms with Gasteiger partial charge in [-0.25, -0.2) is 13.6 Å². The van der Waals surface area contributed by atoms with Gasteiger partial charge in [0.25, 0.3) is 0 Å². The summed E-state index contributed by atoms with van der Waals surface area (Å²) in [6, 6.07) is 1.65. The fourth-order valence-corrected chi connectivity index (χ4v) is 1.55. The van der Waals surface area contributed by atoms with Crippen LogP contribution in [0, 0.1) is 11.6 Å². The van der Waals surface area contributed by atoms with Gasteiger partial charge in [0, 0.05) is 10.6 Å². The number of carboxylic acids is 1. The Morgan fingerprint density at radius 1 is 1.40 bits per heavy atom. The first-order chi connectivity index (χ1) is 7.00. The highest BCUT2D eigenvalue weighted by Crippen LogP contribution is 2.42. The zero-order valence-corrected chi connectivity index (χ0v) is 7.96. The third kappa shape index (κ3) is 1.80. The first-order valence-electron chi connectivity index (χ1n) is 4.03. The summed E-state index contributed by atoms with van der Waals surface area (Å²) in [7, 11) is 0. The fourth-order valence-electron chi connectivity index (χ4n) is 1.29. The summed E-state index contributed by atoms with van der Waals surface area (Å²) in [5.41, 5.74) is 0.156. The molecule has 1 aliphatic heterocycles. The molecule has 0 aliphatic carbocycles. The number of carboxylic acid groups (broad SMARTS) is 1. The van der Waals surface area contributed by atoms with Crippen molar-refractivity contribution in [2.24, 2.45) is 0 Å². The van der Waals surface area contributed by atoms with E-state index in [1.54, 1.807) is 0 Å². The summed E-state index contributed by atoms with van der Waals surface area (Å²) in [5, 5.41) is 8.52. The summed E-state index contributed by atoms with van der Waals surface area (Å²) in [4.78, 5) is 10.5. The molecule has 0 spiro atoms. The van der Waals surface area contributed by atoms with E-state index in [-0.39, 0.29) is 10.6 Å². The maximum Gasteiger partial charge on any atom is 0.335 e. The van der Waals surface area contributed by atoms with E-state index in [4.69, 9.17) is 21.4 Å². The molecule has 0 radical (unpaired) electrons. The number of hydrogen-bond donors (Lipinski definition) is 1. The van der Waals surface area contributed by atoms with Crippen molar-refractivity contribution in [2.45, 2.75) is 12.2 Å². The molecule has 0 aromatic heterocycles. The van der Waals surface area contributed by atoms with Gasteiger partial charge < -0.3 is 9.84 Å². The largest absolute Gasteiger partial charge is 0.479 e. The highest BCUT2D eigenvalue weighted by molar-refractivity contribution is 6.31. The van der Waals surface area contributed by atoms with Crippen molar-refractivity contribution in [1.29, 1.82) is 0 Å². The van der Waals surface area contributed by atoms with Gasteiger partial charge in [-0.15, -0.1) is 0 Å². The molecule has 3 nitrogen and oxygen atoms in total. The number of halogens is 3. The van der Waals surface area contributed by atoms with Crippen LogP contribution in [0.5, 0.6) is 0 Å². The molecule has 1 aromatic rings. The second-order valence-electron chi connectivity index (χ2n) is 3.10. The van der Waals surface area contributed by atoms with Crippen molar-refractivity contribution in [3.8, 4) is 0 Å². The van der Waals surface area contributed by atoms with Crippen LogP contribution in [0.3, 0.4) is 0 Å². The van der Waals surface area contributed by atoms with Crippen LogP contribution in [0.1, 0.15) is 11.7 Å². The number of aliphatic carboxylic acids is 1. The molecule has 1 aromatic carbocycles. The molecule has 2 rings (SSSR count). The maximum absolute atomic E-state index is 12.8. The topological polar surface area (TPSA) is 49.8 Å². The second kappa shape index (κ2) is 3.43. The number of rotatable bonds is 2. The Hall–Kier alpha value is -1.20. The molecule has 1 N–H and O–H groups in total. The number of hydrogen-bond acceptors (Lipinski definition) is 2. The lowest BCUT2D eigenvalue weighted by Crippen LogP contribution is -2.05. The molecule has 0 amide bonds. The van der Waals surface area contributed by atoms with E-state index in [0.29, 0.717) is 0 Å². The second-order valence-corrected chi connectivity index (χ2v) is 3.51. The molecule has 1 heterocycles. The van der Waals surface area contributed by atoms with Crippen LogP contribution >= 0.6 is 11.6 Å². The smallest absolute Gasteiger partial charge is 0.335 e. The number of epoxide rings is 1. The summed E-state index contributed by atoms with van der Waals surface area (Å²) >= 11 is 5.63. The van der Waals surface area contributed by atoms with Crippen LogP contribution in [0.2, 0.25) is 5.02 Å². The summed E-state index contributed by atoms with van der Waals surface area (Å²) in [6.07, 6.45) is -1.81. The van der Waals surface area contributed by atoms with Crippen molar-refractivity contribution in [3.05, 3.63) is 34.4 Å². The van der Waals surface area contributed by atoms with Gasteiger partial charge in [0.15, 0.2) is 17.7 Å². The molecule has 1 fully saturated rings. The Labute approximate surface area is 88.2 Å². The van der Waals surface area contributed by atoms with E-state index >= 15 is 0 Å². The highest BCUT2D eigenvalue weighted by Gasteiger charge is 2.47. The zero-order valence-electron chi connectivity index (χ0n) is 7.21. The lowest BCUT2D eigenvalue weighted by molar-refractivity contribution is -0.138. The molecule has 2 unspecified atom stereocenters. The molecular weight excluding hydrogens is 230 g/mol. The third-order valence-corrected chi connectivity index (χ3v) is 2.41. The van der Waals surface area contributed by atoms with E-state index in [1.165, 1.54) is 0 Å². The van der Waals surface area contributed by atoms with Gasteiger partial charge in [-0.2, -0.15) is 0 Å². The maximum atomic E-state index is 12.8. The summed E-state index contributed by atoms with van der Waals surface area (Å²) in [6.45, 7) is 0. The zero-order chi connectivity index (χ0) is 11.2. The van der Waals surface area contributed by atoms with E-state index in [2.05, 4.69) is 0 Å². The summed E-state index contributed by atoms with van der Waals surface area (Å²) < 4.78 is 30.3. The van der Waals surface area contributed by atoms with Crippen LogP contribution in [0.4, 0.5) is 8.78 Å². The molecule has 1 saturated heterocycles. The van der Waals surface area contributed by atoms with Gasteiger partial charge in [0.05, 0.1) is 0 Å². The highest BCUT2D eigenvalue weighted by atomic mass is 35.5. The standard InChI is InChI=1S/C9H5ClF2O3/c10-4-2-6(12)5(11)1-3(4)7-8(15-7)9(13)14/h1-2,7-8H,(H,13,14). The average Bonchev–Trinajstić information content (AvgIpc) is 2.90. The molecule has 2 atom stereocenters. The minimum absolute atomic E-state index is 0.0392. The third-order valence-electron chi connectivity index (χ3n) is 2.08. The van der Waals surface area contributed by atoms with Crippen LogP contribution < -0.4 is 0 Å². The van der Waals surface area contributed by atoms with Gasteiger partial charge in [0.1, 0.15) is 6.10 Å². The molecule has 1 aliphatic rings. The van der Waals surface area contributed by atoms with Crippen LogP contribution in [0.15, 0.2) is 12.1 Å².